The van der Waals surface area contributed by atoms with Crippen molar-refractivity contribution in [3.63, 3.8) is 0 Å². The van der Waals surface area contributed by atoms with Crippen molar-refractivity contribution in [1.82, 2.24) is 0 Å². The molecular formula is C18H26O2. The highest BCUT2D eigenvalue weighted by atomic mass is 16.3. The molecule has 1 aromatic rings. The summed E-state index contributed by atoms with van der Waals surface area (Å²) in [6.45, 7) is 4.30. The van der Waals surface area contributed by atoms with Gasteiger partial charge in [0.15, 0.2) is 0 Å². The quantitative estimate of drug-likeness (QED) is 0.773. The highest BCUT2D eigenvalue weighted by Crippen LogP contribution is 2.36. The summed E-state index contributed by atoms with van der Waals surface area (Å²) in [6.07, 6.45) is 6.24. The second kappa shape index (κ2) is 7.61. The normalized spacial score (nSPS) is 19.5. The number of aliphatic hydroxyl groups excluding tert-OH is 2. The van der Waals surface area contributed by atoms with Crippen LogP contribution < -0.4 is 0 Å². The molecule has 2 heteroatoms. The summed E-state index contributed by atoms with van der Waals surface area (Å²) in [4.78, 5) is 0. The van der Waals surface area contributed by atoms with Crippen LogP contribution in [-0.2, 0) is 0 Å². The number of benzene rings is 1. The van der Waals surface area contributed by atoms with E-state index in [1.165, 1.54) is 32.1 Å². The lowest BCUT2D eigenvalue weighted by atomic mass is 9.76. The van der Waals surface area contributed by atoms with E-state index in [0.29, 0.717) is 12.3 Å². The van der Waals surface area contributed by atoms with Gasteiger partial charge in [-0.1, -0.05) is 61.7 Å². The summed E-state index contributed by atoms with van der Waals surface area (Å²) in [5.74, 6) is 0.692. The minimum absolute atomic E-state index is 0.147. The predicted octanol–water partition coefficient (Wildman–Crippen LogP) is 3.86. The highest BCUT2D eigenvalue weighted by molar-refractivity contribution is 5.19. The van der Waals surface area contributed by atoms with E-state index in [0.717, 1.165) is 11.1 Å². The van der Waals surface area contributed by atoms with Crippen LogP contribution in [0.15, 0.2) is 42.5 Å². The van der Waals surface area contributed by atoms with Crippen molar-refractivity contribution < 1.29 is 10.2 Å². The minimum Gasteiger partial charge on any atom is -0.396 e. The van der Waals surface area contributed by atoms with Crippen LogP contribution >= 0.6 is 0 Å². The van der Waals surface area contributed by atoms with E-state index in [1.807, 2.05) is 30.3 Å². The summed E-state index contributed by atoms with van der Waals surface area (Å²) in [6, 6.07) is 9.70. The number of aliphatic hydroxyl groups is 2. The van der Waals surface area contributed by atoms with Gasteiger partial charge in [-0.15, -0.1) is 0 Å². The Balaban J connectivity index is 1.95. The molecule has 0 unspecified atom stereocenters. The molecular weight excluding hydrogens is 248 g/mol. The van der Waals surface area contributed by atoms with E-state index >= 15 is 0 Å². The predicted molar refractivity (Wildman–Crippen MR) is 82.3 cm³/mol. The third-order valence-corrected chi connectivity index (χ3v) is 4.58. The summed E-state index contributed by atoms with van der Waals surface area (Å²) < 4.78 is 0. The fourth-order valence-corrected chi connectivity index (χ4v) is 3.34. The molecule has 1 aliphatic rings. The zero-order valence-corrected chi connectivity index (χ0v) is 12.2. The first-order valence-electron chi connectivity index (χ1n) is 7.74. The topological polar surface area (TPSA) is 40.5 Å². The maximum Gasteiger partial charge on any atom is 0.0827 e. The van der Waals surface area contributed by atoms with Gasteiger partial charge >= 0.3 is 0 Å². The molecule has 20 heavy (non-hydrogen) atoms. The molecule has 1 fully saturated rings. The van der Waals surface area contributed by atoms with Crippen LogP contribution in [0.4, 0.5) is 0 Å². The summed E-state index contributed by atoms with van der Waals surface area (Å²) in [5.41, 5.74) is 1.92. The van der Waals surface area contributed by atoms with E-state index in [9.17, 15) is 10.2 Å². The van der Waals surface area contributed by atoms with Crippen LogP contribution in [0.5, 0.6) is 0 Å². The van der Waals surface area contributed by atoms with Gasteiger partial charge in [0.05, 0.1) is 6.10 Å². The van der Waals surface area contributed by atoms with Gasteiger partial charge in [0.2, 0.25) is 0 Å². The molecule has 0 heterocycles. The Morgan fingerprint density at radius 1 is 1.15 bits per heavy atom. The molecule has 0 spiro atoms. The SMILES string of the molecule is C=C(C[C@H](O)c1ccccc1)[C@@H](CO)C1CCCCC1. The van der Waals surface area contributed by atoms with Crippen molar-refractivity contribution in [3.8, 4) is 0 Å². The van der Waals surface area contributed by atoms with Gasteiger partial charge in [-0.05, 0) is 30.7 Å². The Labute approximate surface area is 122 Å². The van der Waals surface area contributed by atoms with Crippen LogP contribution in [0.25, 0.3) is 0 Å². The van der Waals surface area contributed by atoms with E-state index in [-0.39, 0.29) is 12.5 Å². The first kappa shape index (κ1) is 15.3. The number of hydrogen-bond acceptors (Lipinski definition) is 2. The second-order valence-corrected chi connectivity index (χ2v) is 5.98. The van der Waals surface area contributed by atoms with Crippen LogP contribution in [0.3, 0.4) is 0 Å². The molecule has 1 aromatic carbocycles. The molecule has 110 valence electrons. The molecule has 1 aliphatic carbocycles. The molecule has 0 aliphatic heterocycles. The van der Waals surface area contributed by atoms with Crippen molar-refractivity contribution in [1.29, 1.82) is 0 Å². The van der Waals surface area contributed by atoms with E-state index in [4.69, 9.17) is 0 Å². The standard InChI is InChI=1S/C18H26O2/c1-14(12-18(20)16-10-6-3-7-11-16)17(13-19)15-8-4-2-5-9-15/h3,6-7,10-11,15,17-20H,1-2,4-5,8-9,12-13H2/t17-,18+/m1/s1. The van der Waals surface area contributed by atoms with E-state index in [2.05, 4.69) is 6.58 Å². The molecule has 0 aromatic heterocycles. The first-order valence-corrected chi connectivity index (χ1v) is 7.74. The zero-order chi connectivity index (χ0) is 14.4. The summed E-state index contributed by atoms with van der Waals surface area (Å²) >= 11 is 0. The molecule has 2 atom stereocenters. The van der Waals surface area contributed by atoms with Gasteiger partial charge in [-0.3, -0.25) is 0 Å². The summed E-state index contributed by atoms with van der Waals surface area (Å²) in [5, 5.41) is 20.0. The lowest BCUT2D eigenvalue weighted by Crippen LogP contribution is -2.23. The zero-order valence-electron chi connectivity index (χ0n) is 12.2. The van der Waals surface area contributed by atoms with Gasteiger partial charge in [0.1, 0.15) is 0 Å². The highest BCUT2D eigenvalue weighted by Gasteiger charge is 2.26. The second-order valence-electron chi connectivity index (χ2n) is 5.98. The van der Waals surface area contributed by atoms with E-state index in [1.54, 1.807) is 0 Å². The maximum atomic E-state index is 10.3. The van der Waals surface area contributed by atoms with Gasteiger partial charge in [-0.2, -0.15) is 0 Å². The first-order chi connectivity index (χ1) is 9.72. The lowest BCUT2D eigenvalue weighted by Gasteiger charge is -2.31. The fraction of sp³-hybridized carbons (Fsp3) is 0.556. The average molecular weight is 274 g/mol. The van der Waals surface area contributed by atoms with E-state index < -0.39 is 6.10 Å². The molecule has 2 nitrogen and oxygen atoms in total. The average Bonchev–Trinajstić information content (AvgIpc) is 2.50. The summed E-state index contributed by atoms with van der Waals surface area (Å²) in [7, 11) is 0. The molecule has 0 radical (unpaired) electrons. The van der Waals surface area contributed by atoms with Crippen molar-refractivity contribution >= 4 is 0 Å². The van der Waals surface area contributed by atoms with Gasteiger partial charge in [-0.25, -0.2) is 0 Å². The Morgan fingerprint density at radius 2 is 1.80 bits per heavy atom. The van der Waals surface area contributed by atoms with Crippen molar-refractivity contribution in [2.75, 3.05) is 6.61 Å². The third-order valence-electron chi connectivity index (χ3n) is 4.58. The number of rotatable bonds is 6. The molecule has 0 amide bonds. The Kier molecular flexibility index (Phi) is 5.81. The molecule has 2 rings (SSSR count). The van der Waals surface area contributed by atoms with Crippen molar-refractivity contribution in [2.24, 2.45) is 11.8 Å². The lowest BCUT2D eigenvalue weighted by molar-refractivity contribution is 0.143. The van der Waals surface area contributed by atoms with Gasteiger partial charge < -0.3 is 10.2 Å². The Bertz CT molecular complexity index is 407. The van der Waals surface area contributed by atoms with Crippen LogP contribution in [0.1, 0.15) is 50.2 Å². The Hall–Kier alpha value is -1.12. The third kappa shape index (κ3) is 3.94. The molecule has 1 saturated carbocycles. The van der Waals surface area contributed by atoms with Crippen molar-refractivity contribution in [2.45, 2.75) is 44.6 Å². The van der Waals surface area contributed by atoms with Crippen molar-refractivity contribution in [3.05, 3.63) is 48.0 Å². The molecule has 0 bridgehead atoms. The fourth-order valence-electron chi connectivity index (χ4n) is 3.34. The van der Waals surface area contributed by atoms with Crippen LogP contribution in [-0.4, -0.2) is 16.8 Å². The number of hydrogen-bond donors (Lipinski definition) is 2. The molecule has 2 N–H and O–H groups in total. The smallest absolute Gasteiger partial charge is 0.0827 e. The molecule has 0 saturated heterocycles. The monoisotopic (exact) mass is 274 g/mol. The largest absolute Gasteiger partial charge is 0.396 e. The maximum absolute atomic E-state index is 10.3. The van der Waals surface area contributed by atoms with Crippen LogP contribution in [0, 0.1) is 11.8 Å². The van der Waals surface area contributed by atoms with Gasteiger partial charge in [0, 0.05) is 12.5 Å². The Morgan fingerprint density at radius 3 is 2.40 bits per heavy atom. The van der Waals surface area contributed by atoms with Crippen LogP contribution in [0.2, 0.25) is 0 Å². The van der Waals surface area contributed by atoms with Gasteiger partial charge in [0.25, 0.3) is 0 Å². The minimum atomic E-state index is -0.513.